The predicted octanol–water partition coefficient (Wildman–Crippen LogP) is 1.75. The summed E-state index contributed by atoms with van der Waals surface area (Å²) in [7, 11) is 2.14. The molecule has 0 bridgehead atoms. The Hall–Kier alpha value is -0.120. The molecule has 1 aliphatic rings. The van der Waals surface area contributed by atoms with Crippen LogP contribution in [0.2, 0.25) is 0 Å². The van der Waals surface area contributed by atoms with E-state index in [2.05, 4.69) is 32.7 Å². The first kappa shape index (κ1) is 13.9. The van der Waals surface area contributed by atoms with Crippen LogP contribution in [-0.4, -0.2) is 50.0 Å². The Labute approximate surface area is 99.8 Å². The van der Waals surface area contributed by atoms with Gasteiger partial charge in [-0.25, -0.2) is 0 Å². The van der Waals surface area contributed by atoms with Gasteiger partial charge in [0.2, 0.25) is 0 Å². The summed E-state index contributed by atoms with van der Waals surface area (Å²) in [6, 6.07) is 0. The van der Waals surface area contributed by atoms with Crippen molar-refractivity contribution in [2.75, 3.05) is 40.0 Å². The summed E-state index contributed by atoms with van der Waals surface area (Å²) in [5.74, 6) is 0. The van der Waals surface area contributed by atoms with Gasteiger partial charge in [-0.3, -0.25) is 0 Å². The van der Waals surface area contributed by atoms with Crippen LogP contribution in [0.1, 0.15) is 33.6 Å². The lowest BCUT2D eigenvalue weighted by Crippen LogP contribution is -2.46. The van der Waals surface area contributed by atoms with Crippen LogP contribution in [-0.2, 0) is 4.74 Å². The second-order valence-electron chi connectivity index (χ2n) is 6.55. The Bertz CT molecular complexity index is 204. The number of hydrogen-bond donors (Lipinski definition) is 1. The van der Waals surface area contributed by atoms with Crippen LogP contribution in [0.3, 0.4) is 0 Å². The third-order valence-corrected chi connectivity index (χ3v) is 3.09. The lowest BCUT2D eigenvalue weighted by atomic mass is 9.82. The Balaban J connectivity index is 2.48. The third-order valence-electron chi connectivity index (χ3n) is 3.09. The van der Waals surface area contributed by atoms with E-state index in [0.29, 0.717) is 12.0 Å². The lowest BCUT2D eigenvalue weighted by molar-refractivity contribution is -0.0549. The van der Waals surface area contributed by atoms with Crippen molar-refractivity contribution in [3.63, 3.8) is 0 Å². The highest BCUT2D eigenvalue weighted by molar-refractivity contribution is 4.84. The van der Waals surface area contributed by atoms with E-state index in [9.17, 15) is 5.11 Å². The number of hydrogen-bond acceptors (Lipinski definition) is 3. The van der Waals surface area contributed by atoms with E-state index in [4.69, 9.17) is 4.74 Å². The van der Waals surface area contributed by atoms with Gasteiger partial charge < -0.3 is 14.7 Å². The molecule has 1 rings (SSSR count). The molecule has 0 amide bonds. The zero-order valence-corrected chi connectivity index (χ0v) is 11.3. The van der Waals surface area contributed by atoms with Crippen molar-refractivity contribution in [2.45, 2.75) is 33.6 Å². The molecular weight excluding hydrogens is 202 g/mol. The van der Waals surface area contributed by atoms with Gasteiger partial charge in [-0.2, -0.15) is 0 Å². The van der Waals surface area contributed by atoms with E-state index in [-0.39, 0.29) is 12.0 Å². The maximum absolute atomic E-state index is 9.58. The Morgan fingerprint density at radius 1 is 1.38 bits per heavy atom. The number of ether oxygens (including phenoxy) is 1. The molecule has 1 aliphatic heterocycles. The summed E-state index contributed by atoms with van der Waals surface area (Å²) in [4.78, 5) is 2.32. The summed E-state index contributed by atoms with van der Waals surface area (Å²) in [6.07, 6.45) is 2.15. The standard InChI is InChI=1S/C13H27NO2/c1-12(2,3)8-14(4)9-13(10-15)6-5-7-16-11-13/h15H,5-11H2,1-4H3. The average molecular weight is 229 g/mol. The summed E-state index contributed by atoms with van der Waals surface area (Å²) in [5, 5.41) is 9.58. The zero-order valence-electron chi connectivity index (χ0n) is 11.3. The van der Waals surface area contributed by atoms with E-state index in [0.717, 1.165) is 32.5 Å². The van der Waals surface area contributed by atoms with Gasteiger partial charge in [0.1, 0.15) is 0 Å². The van der Waals surface area contributed by atoms with Crippen LogP contribution >= 0.6 is 0 Å². The number of aliphatic hydroxyl groups is 1. The SMILES string of the molecule is CN(CC(C)(C)C)CC1(CO)CCCOC1. The molecule has 0 spiro atoms. The molecule has 0 aromatic carbocycles. The normalized spacial score (nSPS) is 27.4. The fraction of sp³-hybridized carbons (Fsp3) is 1.00. The van der Waals surface area contributed by atoms with Crippen molar-refractivity contribution in [2.24, 2.45) is 10.8 Å². The maximum Gasteiger partial charge on any atom is 0.0556 e. The topological polar surface area (TPSA) is 32.7 Å². The smallest absolute Gasteiger partial charge is 0.0556 e. The summed E-state index contributed by atoms with van der Waals surface area (Å²) < 4.78 is 5.52. The van der Waals surface area contributed by atoms with Crippen molar-refractivity contribution in [1.82, 2.24) is 4.90 Å². The highest BCUT2D eigenvalue weighted by atomic mass is 16.5. The first-order valence-electron chi connectivity index (χ1n) is 6.24. The van der Waals surface area contributed by atoms with Gasteiger partial charge in [-0.05, 0) is 25.3 Å². The van der Waals surface area contributed by atoms with E-state index < -0.39 is 0 Å². The monoisotopic (exact) mass is 229 g/mol. The number of aliphatic hydroxyl groups excluding tert-OH is 1. The molecule has 1 saturated heterocycles. The zero-order chi connectivity index (χ0) is 12.2. The van der Waals surface area contributed by atoms with Crippen molar-refractivity contribution >= 4 is 0 Å². The van der Waals surface area contributed by atoms with Gasteiger partial charge in [0, 0.05) is 25.1 Å². The van der Waals surface area contributed by atoms with Crippen molar-refractivity contribution < 1.29 is 9.84 Å². The van der Waals surface area contributed by atoms with E-state index in [1.807, 2.05) is 0 Å². The van der Waals surface area contributed by atoms with E-state index in [1.54, 1.807) is 0 Å². The second-order valence-corrected chi connectivity index (χ2v) is 6.55. The highest BCUT2D eigenvalue weighted by Gasteiger charge is 2.34. The van der Waals surface area contributed by atoms with Crippen LogP contribution < -0.4 is 0 Å². The number of nitrogens with zero attached hydrogens (tertiary/aromatic N) is 1. The largest absolute Gasteiger partial charge is 0.396 e. The molecule has 1 fully saturated rings. The van der Waals surface area contributed by atoms with Crippen molar-refractivity contribution in [3.8, 4) is 0 Å². The lowest BCUT2D eigenvalue weighted by Gasteiger charge is -2.39. The number of rotatable bonds is 4. The van der Waals surface area contributed by atoms with Crippen LogP contribution in [0.4, 0.5) is 0 Å². The van der Waals surface area contributed by atoms with Crippen LogP contribution in [0.15, 0.2) is 0 Å². The van der Waals surface area contributed by atoms with Gasteiger partial charge in [-0.1, -0.05) is 20.8 Å². The summed E-state index contributed by atoms with van der Waals surface area (Å²) in [6.45, 7) is 10.5. The van der Waals surface area contributed by atoms with Gasteiger partial charge >= 0.3 is 0 Å². The molecular formula is C13H27NO2. The van der Waals surface area contributed by atoms with Gasteiger partial charge in [0.05, 0.1) is 13.2 Å². The Morgan fingerprint density at radius 2 is 2.06 bits per heavy atom. The van der Waals surface area contributed by atoms with Gasteiger partial charge in [0.15, 0.2) is 0 Å². The molecule has 1 atom stereocenters. The Morgan fingerprint density at radius 3 is 2.50 bits per heavy atom. The highest BCUT2D eigenvalue weighted by Crippen LogP contribution is 2.29. The molecule has 3 nitrogen and oxygen atoms in total. The fourth-order valence-corrected chi connectivity index (χ4v) is 2.65. The molecule has 0 radical (unpaired) electrons. The summed E-state index contributed by atoms with van der Waals surface area (Å²) >= 11 is 0. The minimum atomic E-state index is -0.0295. The quantitative estimate of drug-likeness (QED) is 0.797. The molecule has 16 heavy (non-hydrogen) atoms. The molecule has 0 aromatic rings. The van der Waals surface area contributed by atoms with Crippen LogP contribution in [0.5, 0.6) is 0 Å². The molecule has 1 N–H and O–H groups in total. The van der Waals surface area contributed by atoms with Crippen molar-refractivity contribution in [1.29, 1.82) is 0 Å². The predicted molar refractivity (Wildman–Crippen MR) is 66.5 cm³/mol. The van der Waals surface area contributed by atoms with Crippen molar-refractivity contribution in [3.05, 3.63) is 0 Å². The van der Waals surface area contributed by atoms with Gasteiger partial charge in [0.25, 0.3) is 0 Å². The molecule has 0 aliphatic carbocycles. The Kier molecular flexibility index (Phi) is 4.77. The molecule has 0 saturated carbocycles. The van der Waals surface area contributed by atoms with Crippen LogP contribution in [0, 0.1) is 10.8 Å². The van der Waals surface area contributed by atoms with E-state index in [1.165, 1.54) is 0 Å². The third kappa shape index (κ3) is 4.40. The first-order chi connectivity index (χ1) is 7.37. The minimum absolute atomic E-state index is 0.0295. The summed E-state index contributed by atoms with van der Waals surface area (Å²) in [5.41, 5.74) is 0.277. The van der Waals surface area contributed by atoms with Crippen LogP contribution in [0.25, 0.3) is 0 Å². The second kappa shape index (κ2) is 5.48. The maximum atomic E-state index is 9.58. The molecule has 0 aromatic heterocycles. The average Bonchev–Trinajstić information content (AvgIpc) is 2.16. The van der Waals surface area contributed by atoms with Gasteiger partial charge in [-0.15, -0.1) is 0 Å². The fourth-order valence-electron chi connectivity index (χ4n) is 2.65. The molecule has 3 heteroatoms. The molecule has 1 unspecified atom stereocenters. The minimum Gasteiger partial charge on any atom is -0.396 e. The molecule has 1 heterocycles. The molecule has 96 valence electrons. The first-order valence-corrected chi connectivity index (χ1v) is 6.24. The van der Waals surface area contributed by atoms with E-state index >= 15 is 0 Å².